The summed E-state index contributed by atoms with van der Waals surface area (Å²) in [4.78, 5) is 25.1. The minimum atomic E-state index is -4.85. The molecule has 0 spiro atoms. The first-order chi connectivity index (χ1) is 13.2. The van der Waals surface area contributed by atoms with Gasteiger partial charge in [0.2, 0.25) is 5.91 Å². The van der Waals surface area contributed by atoms with E-state index in [2.05, 4.69) is 5.32 Å². The molecule has 5 nitrogen and oxygen atoms in total. The van der Waals surface area contributed by atoms with Crippen molar-refractivity contribution >= 4 is 34.8 Å². The maximum atomic E-state index is 13.6. The Labute approximate surface area is 161 Å². The molecule has 2 amide bonds. The summed E-state index contributed by atoms with van der Waals surface area (Å²) in [6.07, 6.45) is -5.81. The molecule has 0 fully saturated rings. The molecule has 2 aromatic carbocycles. The van der Waals surface area contributed by atoms with E-state index in [9.17, 15) is 27.2 Å². The first-order valence-electron chi connectivity index (χ1n) is 8.02. The van der Waals surface area contributed by atoms with Crippen molar-refractivity contribution in [2.75, 3.05) is 16.8 Å². The number of hydrogen-bond donors (Lipinski definition) is 1. The summed E-state index contributed by atoms with van der Waals surface area (Å²) >= 11 is 5.80. The Hall–Kier alpha value is -2.81. The minimum Gasteiger partial charge on any atom is -0.482 e. The Morgan fingerprint density at radius 1 is 1.25 bits per heavy atom. The Kier molecular flexibility index (Phi) is 5.46. The van der Waals surface area contributed by atoms with Gasteiger partial charge in [0.1, 0.15) is 17.6 Å². The van der Waals surface area contributed by atoms with Crippen LogP contribution in [0.15, 0.2) is 42.5 Å². The lowest BCUT2D eigenvalue weighted by atomic mass is 10.1. The standard InChI is InChI=1S/C18H13ClF4N2O3/c19-11-7-10(20)5-6-14(11)28-9-17(27)25-13-4-2-1-3-12(13)24-16(26)8-15(25)18(21,22)23/h1-7,15H,8-9H2,(H,24,26)/t15-/m1/s1. The number of hydrogen-bond acceptors (Lipinski definition) is 3. The van der Waals surface area contributed by atoms with Crippen LogP contribution in [0.2, 0.25) is 5.02 Å². The van der Waals surface area contributed by atoms with Gasteiger partial charge in [-0.25, -0.2) is 4.39 Å². The van der Waals surface area contributed by atoms with Gasteiger partial charge in [-0.05, 0) is 30.3 Å². The lowest BCUT2D eigenvalue weighted by Gasteiger charge is -2.31. The van der Waals surface area contributed by atoms with E-state index in [4.69, 9.17) is 16.3 Å². The molecule has 1 aliphatic rings. The number of nitrogens with one attached hydrogen (secondary N) is 1. The summed E-state index contributed by atoms with van der Waals surface area (Å²) in [6.45, 7) is -0.791. The Morgan fingerprint density at radius 2 is 1.96 bits per heavy atom. The zero-order chi connectivity index (χ0) is 20.5. The van der Waals surface area contributed by atoms with Crippen LogP contribution in [0.25, 0.3) is 0 Å². The Morgan fingerprint density at radius 3 is 2.64 bits per heavy atom. The van der Waals surface area contributed by atoms with Gasteiger partial charge in [0.15, 0.2) is 6.61 Å². The third kappa shape index (κ3) is 4.19. The van der Waals surface area contributed by atoms with Gasteiger partial charge in [0.05, 0.1) is 22.8 Å². The highest BCUT2D eigenvalue weighted by molar-refractivity contribution is 6.32. The molecule has 0 aliphatic carbocycles. The largest absolute Gasteiger partial charge is 0.482 e. The Bertz CT molecular complexity index is 920. The van der Waals surface area contributed by atoms with Gasteiger partial charge in [0, 0.05) is 0 Å². The molecule has 28 heavy (non-hydrogen) atoms. The van der Waals surface area contributed by atoms with Gasteiger partial charge in [-0.2, -0.15) is 13.2 Å². The number of carbonyl (C=O) groups is 2. The van der Waals surface area contributed by atoms with Crippen molar-refractivity contribution in [2.24, 2.45) is 0 Å². The fraction of sp³-hybridized carbons (Fsp3) is 0.222. The lowest BCUT2D eigenvalue weighted by Crippen LogP contribution is -2.51. The van der Waals surface area contributed by atoms with Gasteiger partial charge < -0.3 is 10.1 Å². The van der Waals surface area contributed by atoms with Crippen LogP contribution in [0.5, 0.6) is 5.75 Å². The molecule has 148 valence electrons. The molecule has 3 rings (SSSR count). The Balaban J connectivity index is 1.92. The first-order valence-corrected chi connectivity index (χ1v) is 8.40. The molecule has 1 atom stereocenters. The van der Waals surface area contributed by atoms with E-state index in [0.717, 1.165) is 18.2 Å². The summed E-state index contributed by atoms with van der Waals surface area (Å²) in [5.74, 6) is -2.59. The van der Waals surface area contributed by atoms with E-state index in [1.165, 1.54) is 24.3 Å². The molecular weight excluding hydrogens is 404 g/mol. The summed E-state index contributed by atoms with van der Waals surface area (Å²) in [7, 11) is 0. The number of rotatable bonds is 3. The minimum absolute atomic E-state index is 0.0581. The number of halogens is 5. The maximum absolute atomic E-state index is 13.6. The fourth-order valence-electron chi connectivity index (χ4n) is 2.80. The SMILES string of the molecule is O=C1C[C@H](C(F)(F)F)N(C(=O)COc2ccc(F)cc2Cl)c2ccccc2N1. The van der Waals surface area contributed by atoms with Crippen molar-refractivity contribution < 1.29 is 31.9 Å². The van der Waals surface area contributed by atoms with Crippen molar-refractivity contribution in [1.29, 1.82) is 0 Å². The highest BCUT2D eigenvalue weighted by Gasteiger charge is 2.49. The first kappa shape index (κ1) is 19.9. The number of nitrogens with zero attached hydrogens (tertiary/aromatic N) is 1. The number of fused-ring (bicyclic) bond motifs is 1. The van der Waals surface area contributed by atoms with Gasteiger partial charge in [0.25, 0.3) is 5.91 Å². The zero-order valence-electron chi connectivity index (χ0n) is 14.1. The van der Waals surface area contributed by atoms with Crippen LogP contribution in [0, 0.1) is 5.82 Å². The van der Waals surface area contributed by atoms with E-state index in [1.54, 1.807) is 0 Å². The molecule has 0 unspecified atom stereocenters. The molecule has 1 aliphatic heterocycles. The van der Waals surface area contributed by atoms with Crippen LogP contribution < -0.4 is 15.0 Å². The number of anilines is 2. The zero-order valence-corrected chi connectivity index (χ0v) is 14.9. The van der Waals surface area contributed by atoms with Crippen LogP contribution >= 0.6 is 11.6 Å². The molecule has 1 heterocycles. The average Bonchev–Trinajstić information content (AvgIpc) is 2.76. The quantitative estimate of drug-likeness (QED) is 0.764. The number of amides is 2. The smallest absolute Gasteiger partial charge is 0.409 e. The molecular formula is C18H13ClF4N2O3. The number of benzene rings is 2. The normalized spacial score (nSPS) is 16.8. The predicted octanol–water partition coefficient (Wildman–Crippen LogP) is 4.16. The van der Waals surface area contributed by atoms with Crippen molar-refractivity contribution in [3.63, 3.8) is 0 Å². The lowest BCUT2D eigenvalue weighted by molar-refractivity contribution is -0.158. The van der Waals surface area contributed by atoms with Crippen molar-refractivity contribution in [3.8, 4) is 5.75 Å². The predicted molar refractivity (Wildman–Crippen MR) is 93.9 cm³/mol. The number of alkyl halides is 3. The summed E-state index contributed by atoms with van der Waals surface area (Å²) in [6, 6.07) is 6.43. The van der Waals surface area contributed by atoms with Crippen LogP contribution in [-0.4, -0.2) is 30.6 Å². The highest BCUT2D eigenvalue weighted by atomic mass is 35.5. The second-order valence-corrected chi connectivity index (χ2v) is 6.36. The summed E-state index contributed by atoms with van der Waals surface area (Å²) < 4.78 is 59.1. The average molecular weight is 417 g/mol. The highest BCUT2D eigenvalue weighted by Crippen LogP contribution is 2.37. The van der Waals surface area contributed by atoms with Crippen molar-refractivity contribution in [1.82, 2.24) is 0 Å². The van der Waals surface area contributed by atoms with E-state index in [0.29, 0.717) is 4.90 Å². The van der Waals surface area contributed by atoms with E-state index in [1.807, 2.05) is 0 Å². The maximum Gasteiger partial charge on any atom is 0.409 e. The van der Waals surface area contributed by atoms with Crippen LogP contribution in [-0.2, 0) is 9.59 Å². The summed E-state index contributed by atoms with van der Waals surface area (Å²) in [5, 5.41) is 2.23. The molecule has 0 bridgehead atoms. The second-order valence-electron chi connectivity index (χ2n) is 5.95. The molecule has 0 radical (unpaired) electrons. The third-order valence-corrected chi connectivity index (χ3v) is 4.32. The molecule has 0 saturated carbocycles. The second kappa shape index (κ2) is 7.67. The fourth-order valence-corrected chi connectivity index (χ4v) is 3.02. The van der Waals surface area contributed by atoms with Gasteiger partial charge in [-0.1, -0.05) is 23.7 Å². The number of ether oxygens (including phenoxy) is 1. The topological polar surface area (TPSA) is 58.6 Å². The third-order valence-electron chi connectivity index (χ3n) is 4.02. The van der Waals surface area contributed by atoms with Crippen LogP contribution in [0.1, 0.15) is 6.42 Å². The molecule has 0 saturated heterocycles. The molecule has 10 heteroatoms. The van der Waals surface area contributed by atoms with E-state index >= 15 is 0 Å². The monoisotopic (exact) mass is 416 g/mol. The van der Waals surface area contributed by atoms with Crippen molar-refractivity contribution in [2.45, 2.75) is 18.6 Å². The number of para-hydroxylation sites is 2. The van der Waals surface area contributed by atoms with E-state index < -0.39 is 42.9 Å². The van der Waals surface area contributed by atoms with Gasteiger partial charge >= 0.3 is 6.18 Å². The molecule has 1 N–H and O–H groups in total. The molecule has 2 aromatic rings. The van der Waals surface area contributed by atoms with Gasteiger partial charge in [-0.3, -0.25) is 14.5 Å². The van der Waals surface area contributed by atoms with Gasteiger partial charge in [-0.15, -0.1) is 0 Å². The van der Waals surface area contributed by atoms with Crippen molar-refractivity contribution in [3.05, 3.63) is 53.3 Å². The summed E-state index contributed by atoms with van der Waals surface area (Å²) in [5.41, 5.74) is -0.0260. The van der Waals surface area contributed by atoms with Crippen LogP contribution in [0.3, 0.4) is 0 Å². The number of carbonyl (C=O) groups excluding carboxylic acids is 2. The van der Waals surface area contributed by atoms with Crippen LogP contribution in [0.4, 0.5) is 28.9 Å². The van der Waals surface area contributed by atoms with E-state index in [-0.39, 0.29) is 22.1 Å². The molecule has 0 aromatic heterocycles.